The van der Waals surface area contributed by atoms with Gasteiger partial charge in [-0.05, 0) is 39.0 Å². The highest BCUT2D eigenvalue weighted by molar-refractivity contribution is 5.12. The number of aromatic nitrogens is 2. The Morgan fingerprint density at radius 3 is 2.78 bits per heavy atom. The monoisotopic (exact) mass is 250 g/mol. The van der Waals surface area contributed by atoms with Crippen molar-refractivity contribution in [2.24, 2.45) is 11.7 Å². The first-order chi connectivity index (χ1) is 8.60. The average molecular weight is 250 g/mol. The molecule has 1 aliphatic carbocycles. The number of nitrogens with one attached hydrogen (secondary N) is 1. The third-order valence-corrected chi connectivity index (χ3v) is 3.92. The van der Waals surface area contributed by atoms with Gasteiger partial charge in [-0.2, -0.15) is 5.10 Å². The highest BCUT2D eigenvalue weighted by Crippen LogP contribution is 2.26. The number of hydrogen-bond donors (Lipinski definition) is 2. The molecule has 1 aliphatic rings. The fourth-order valence-electron chi connectivity index (χ4n) is 2.76. The van der Waals surface area contributed by atoms with E-state index in [2.05, 4.69) is 37.4 Å². The third kappa shape index (κ3) is 3.12. The van der Waals surface area contributed by atoms with E-state index >= 15 is 0 Å². The molecule has 3 unspecified atom stereocenters. The Labute approximate surface area is 110 Å². The topological polar surface area (TPSA) is 55.9 Å². The SMILES string of the molecule is CC1CCC(NC(CN)c2cnn(C(C)C)c2)C1. The zero-order valence-electron chi connectivity index (χ0n) is 11.8. The molecule has 1 aromatic heterocycles. The summed E-state index contributed by atoms with van der Waals surface area (Å²) in [5.41, 5.74) is 7.12. The van der Waals surface area contributed by atoms with Gasteiger partial charge in [-0.1, -0.05) is 6.92 Å². The van der Waals surface area contributed by atoms with E-state index in [-0.39, 0.29) is 6.04 Å². The molecule has 0 spiro atoms. The van der Waals surface area contributed by atoms with Gasteiger partial charge in [0.2, 0.25) is 0 Å². The Kier molecular flexibility index (Phi) is 4.40. The lowest BCUT2D eigenvalue weighted by atomic mass is 10.1. The van der Waals surface area contributed by atoms with E-state index in [0.717, 1.165) is 5.92 Å². The Morgan fingerprint density at radius 2 is 2.28 bits per heavy atom. The maximum Gasteiger partial charge on any atom is 0.0538 e. The van der Waals surface area contributed by atoms with Crippen molar-refractivity contribution in [2.75, 3.05) is 6.54 Å². The van der Waals surface area contributed by atoms with Gasteiger partial charge in [0, 0.05) is 36.4 Å². The molecule has 1 aromatic rings. The average Bonchev–Trinajstić information content (AvgIpc) is 2.94. The van der Waals surface area contributed by atoms with Crippen LogP contribution in [0.4, 0.5) is 0 Å². The van der Waals surface area contributed by atoms with Crippen molar-refractivity contribution in [3.8, 4) is 0 Å². The van der Waals surface area contributed by atoms with Gasteiger partial charge in [-0.3, -0.25) is 4.68 Å². The van der Waals surface area contributed by atoms with Crippen LogP contribution >= 0.6 is 0 Å². The second-order valence-corrected chi connectivity index (χ2v) is 5.92. The van der Waals surface area contributed by atoms with Crippen LogP contribution in [0.3, 0.4) is 0 Å². The summed E-state index contributed by atoms with van der Waals surface area (Å²) in [6.07, 6.45) is 7.95. The standard InChI is InChI=1S/C14H26N4/c1-10(2)18-9-12(8-16-18)14(7-15)17-13-5-4-11(3)6-13/h8-11,13-14,17H,4-7,15H2,1-3H3. The van der Waals surface area contributed by atoms with Crippen molar-refractivity contribution in [1.29, 1.82) is 0 Å². The number of nitrogens with zero attached hydrogens (tertiary/aromatic N) is 2. The van der Waals surface area contributed by atoms with Crippen LogP contribution in [-0.4, -0.2) is 22.4 Å². The van der Waals surface area contributed by atoms with Crippen LogP contribution in [0.15, 0.2) is 12.4 Å². The normalized spacial score (nSPS) is 25.8. The minimum atomic E-state index is 0.243. The fourth-order valence-corrected chi connectivity index (χ4v) is 2.76. The van der Waals surface area contributed by atoms with Crippen molar-refractivity contribution in [3.63, 3.8) is 0 Å². The Morgan fingerprint density at radius 1 is 1.50 bits per heavy atom. The molecule has 1 heterocycles. The van der Waals surface area contributed by atoms with E-state index in [4.69, 9.17) is 5.73 Å². The maximum absolute atomic E-state index is 5.90. The second-order valence-electron chi connectivity index (χ2n) is 5.92. The molecular formula is C14H26N4. The molecule has 1 saturated carbocycles. The quantitative estimate of drug-likeness (QED) is 0.842. The summed E-state index contributed by atoms with van der Waals surface area (Å²) in [7, 11) is 0. The Balaban J connectivity index is 1.99. The van der Waals surface area contributed by atoms with E-state index in [1.165, 1.54) is 24.8 Å². The second kappa shape index (κ2) is 5.85. The van der Waals surface area contributed by atoms with E-state index < -0.39 is 0 Å². The van der Waals surface area contributed by atoms with Crippen LogP contribution in [0, 0.1) is 5.92 Å². The molecule has 0 aromatic carbocycles. The molecular weight excluding hydrogens is 224 g/mol. The predicted octanol–water partition coefficient (Wildman–Crippen LogP) is 2.24. The highest BCUT2D eigenvalue weighted by Gasteiger charge is 2.24. The van der Waals surface area contributed by atoms with Gasteiger partial charge in [0.15, 0.2) is 0 Å². The minimum Gasteiger partial charge on any atom is -0.329 e. The van der Waals surface area contributed by atoms with Crippen LogP contribution in [0.25, 0.3) is 0 Å². The van der Waals surface area contributed by atoms with Crippen LogP contribution in [0.1, 0.15) is 57.7 Å². The lowest BCUT2D eigenvalue weighted by molar-refractivity contribution is 0.433. The maximum atomic E-state index is 5.90. The Bertz CT molecular complexity index is 372. The first-order valence-electron chi connectivity index (χ1n) is 7.10. The summed E-state index contributed by atoms with van der Waals surface area (Å²) in [6, 6.07) is 1.27. The molecule has 18 heavy (non-hydrogen) atoms. The van der Waals surface area contributed by atoms with Crippen LogP contribution in [0.5, 0.6) is 0 Å². The first-order valence-corrected chi connectivity index (χ1v) is 7.10. The van der Waals surface area contributed by atoms with Crippen LogP contribution in [0.2, 0.25) is 0 Å². The molecule has 4 nitrogen and oxygen atoms in total. The van der Waals surface area contributed by atoms with Crippen molar-refractivity contribution < 1.29 is 0 Å². The summed E-state index contributed by atoms with van der Waals surface area (Å²) >= 11 is 0. The fraction of sp³-hybridized carbons (Fsp3) is 0.786. The molecule has 102 valence electrons. The lowest BCUT2D eigenvalue weighted by Gasteiger charge is -2.20. The summed E-state index contributed by atoms with van der Waals surface area (Å²) in [4.78, 5) is 0. The highest BCUT2D eigenvalue weighted by atomic mass is 15.3. The lowest BCUT2D eigenvalue weighted by Crippen LogP contribution is -2.35. The van der Waals surface area contributed by atoms with Gasteiger partial charge < -0.3 is 11.1 Å². The smallest absolute Gasteiger partial charge is 0.0538 e. The molecule has 1 fully saturated rings. The number of rotatable bonds is 5. The molecule has 3 N–H and O–H groups in total. The molecule has 0 saturated heterocycles. The van der Waals surface area contributed by atoms with Crippen LogP contribution < -0.4 is 11.1 Å². The van der Waals surface area contributed by atoms with Gasteiger partial charge in [0.25, 0.3) is 0 Å². The minimum absolute atomic E-state index is 0.243. The van der Waals surface area contributed by atoms with Gasteiger partial charge in [-0.15, -0.1) is 0 Å². The summed E-state index contributed by atoms with van der Waals surface area (Å²) in [5, 5.41) is 8.08. The number of hydrogen-bond acceptors (Lipinski definition) is 3. The first kappa shape index (κ1) is 13.6. The van der Waals surface area contributed by atoms with Crippen molar-refractivity contribution >= 4 is 0 Å². The van der Waals surface area contributed by atoms with E-state index in [9.17, 15) is 0 Å². The van der Waals surface area contributed by atoms with Crippen molar-refractivity contribution in [2.45, 2.75) is 58.2 Å². The number of nitrogens with two attached hydrogens (primary N) is 1. The molecule has 0 radical (unpaired) electrons. The van der Waals surface area contributed by atoms with Gasteiger partial charge in [-0.25, -0.2) is 0 Å². The zero-order valence-corrected chi connectivity index (χ0v) is 11.8. The predicted molar refractivity (Wildman–Crippen MR) is 74.3 cm³/mol. The molecule has 2 rings (SSSR count). The van der Waals surface area contributed by atoms with Gasteiger partial charge in [0.05, 0.1) is 6.20 Å². The van der Waals surface area contributed by atoms with Crippen LogP contribution in [-0.2, 0) is 0 Å². The zero-order chi connectivity index (χ0) is 13.1. The summed E-state index contributed by atoms with van der Waals surface area (Å²) in [6.45, 7) is 7.24. The third-order valence-electron chi connectivity index (χ3n) is 3.92. The summed E-state index contributed by atoms with van der Waals surface area (Å²) < 4.78 is 2.00. The van der Waals surface area contributed by atoms with E-state index in [1.807, 2.05) is 10.9 Å². The van der Waals surface area contributed by atoms with Gasteiger partial charge in [0.1, 0.15) is 0 Å². The molecule has 4 heteroatoms. The largest absolute Gasteiger partial charge is 0.329 e. The van der Waals surface area contributed by atoms with Gasteiger partial charge >= 0.3 is 0 Å². The van der Waals surface area contributed by atoms with E-state index in [1.54, 1.807) is 0 Å². The molecule has 0 aliphatic heterocycles. The Hall–Kier alpha value is -0.870. The van der Waals surface area contributed by atoms with Crippen molar-refractivity contribution in [1.82, 2.24) is 15.1 Å². The molecule has 0 amide bonds. The van der Waals surface area contributed by atoms with E-state index in [0.29, 0.717) is 18.6 Å². The van der Waals surface area contributed by atoms with Crippen molar-refractivity contribution in [3.05, 3.63) is 18.0 Å². The summed E-state index contributed by atoms with van der Waals surface area (Å²) in [5.74, 6) is 0.847. The molecule has 0 bridgehead atoms. The molecule has 3 atom stereocenters.